The average Bonchev–Trinajstić information content (AvgIpc) is 2.86. The summed E-state index contributed by atoms with van der Waals surface area (Å²) in [4.78, 5) is 41.2. The number of piperazine rings is 1. The molecule has 0 atom stereocenters. The van der Waals surface area contributed by atoms with E-state index in [1.165, 1.54) is 22.1 Å². The van der Waals surface area contributed by atoms with E-state index in [1.54, 1.807) is 18.2 Å². The number of amides is 3. The van der Waals surface area contributed by atoms with Crippen molar-refractivity contribution in [1.82, 2.24) is 15.1 Å². The molecule has 1 fully saturated rings. The van der Waals surface area contributed by atoms with E-state index in [9.17, 15) is 14.4 Å². The Balaban J connectivity index is 1.41. The molecule has 0 saturated carbocycles. The molecule has 1 saturated heterocycles. The number of hydrogen-bond donors (Lipinski definition) is 2. The van der Waals surface area contributed by atoms with Crippen LogP contribution in [0.25, 0.3) is 0 Å². The molecule has 0 aromatic heterocycles. The van der Waals surface area contributed by atoms with E-state index in [4.69, 9.17) is 5.73 Å². The summed E-state index contributed by atoms with van der Waals surface area (Å²) >= 11 is 0. The summed E-state index contributed by atoms with van der Waals surface area (Å²) in [5.74, 6) is -2.34. The Bertz CT molecular complexity index is 1090. The SMILES string of the molecule is Nc1ccccc1C(=O)NC(=O)C(=O)N1CCN(C(c2ccccc2)c2ccccc2)CC1. The van der Waals surface area contributed by atoms with Crippen LogP contribution in [0.15, 0.2) is 84.9 Å². The maximum Gasteiger partial charge on any atom is 0.316 e. The minimum atomic E-state index is -0.945. The normalized spacial score (nSPS) is 14.2. The minimum absolute atomic E-state index is 0.0566. The molecular formula is C26H26N4O3. The number of nitrogen functional groups attached to an aromatic ring is 1. The Hall–Kier alpha value is -3.97. The van der Waals surface area contributed by atoms with E-state index in [2.05, 4.69) is 34.5 Å². The van der Waals surface area contributed by atoms with Gasteiger partial charge in [-0.15, -0.1) is 0 Å². The van der Waals surface area contributed by atoms with Crippen molar-refractivity contribution in [1.29, 1.82) is 0 Å². The first-order valence-corrected chi connectivity index (χ1v) is 10.9. The number of nitrogens with two attached hydrogens (primary N) is 1. The summed E-state index contributed by atoms with van der Waals surface area (Å²) in [6.45, 7) is 1.99. The molecule has 3 amide bonds. The van der Waals surface area contributed by atoms with Gasteiger partial charge in [0.05, 0.1) is 11.6 Å². The standard InChI is InChI=1S/C26H26N4O3/c27-22-14-8-7-13-21(22)24(31)28-25(32)26(33)30-17-15-29(16-18-30)23(19-9-3-1-4-10-19)20-11-5-2-6-12-20/h1-14,23H,15-18,27H2,(H,28,31,32). The molecule has 0 aliphatic carbocycles. The molecule has 0 radical (unpaired) electrons. The van der Waals surface area contributed by atoms with Crippen LogP contribution >= 0.6 is 0 Å². The Morgan fingerprint density at radius 1 is 0.727 bits per heavy atom. The number of anilines is 1. The van der Waals surface area contributed by atoms with Crippen LogP contribution in [0.2, 0.25) is 0 Å². The lowest BCUT2D eigenvalue weighted by atomic mass is 9.96. The largest absolute Gasteiger partial charge is 0.398 e. The van der Waals surface area contributed by atoms with Gasteiger partial charge in [0.1, 0.15) is 0 Å². The third-order valence-electron chi connectivity index (χ3n) is 5.82. The van der Waals surface area contributed by atoms with E-state index in [1.807, 2.05) is 36.4 Å². The highest BCUT2D eigenvalue weighted by Crippen LogP contribution is 2.29. The number of nitrogens with one attached hydrogen (secondary N) is 1. The van der Waals surface area contributed by atoms with Crippen LogP contribution in [-0.4, -0.2) is 53.7 Å². The number of rotatable bonds is 4. The van der Waals surface area contributed by atoms with E-state index >= 15 is 0 Å². The lowest BCUT2D eigenvalue weighted by Crippen LogP contribution is -2.53. The zero-order valence-corrected chi connectivity index (χ0v) is 18.2. The molecular weight excluding hydrogens is 416 g/mol. The summed E-state index contributed by atoms with van der Waals surface area (Å²) in [6, 6.07) is 26.9. The molecule has 3 aromatic rings. The highest BCUT2D eigenvalue weighted by molar-refractivity contribution is 6.38. The fraction of sp³-hybridized carbons (Fsp3) is 0.192. The van der Waals surface area contributed by atoms with Crippen LogP contribution in [0, 0.1) is 0 Å². The predicted molar refractivity (Wildman–Crippen MR) is 126 cm³/mol. The summed E-state index contributed by atoms with van der Waals surface area (Å²) in [7, 11) is 0. The average molecular weight is 443 g/mol. The van der Waals surface area contributed by atoms with Gasteiger partial charge in [-0.3, -0.25) is 24.6 Å². The first-order chi connectivity index (χ1) is 16.0. The fourth-order valence-electron chi connectivity index (χ4n) is 4.14. The van der Waals surface area contributed by atoms with Crippen LogP contribution < -0.4 is 11.1 Å². The Morgan fingerprint density at radius 2 is 1.24 bits per heavy atom. The third kappa shape index (κ3) is 5.10. The van der Waals surface area contributed by atoms with E-state index in [0.29, 0.717) is 26.2 Å². The van der Waals surface area contributed by atoms with Crippen LogP contribution in [-0.2, 0) is 9.59 Å². The van der Waals surface area contributed by atoms with Crippen molar-refractivity contribution in [3.8, 4) is 0 Å². The first kappa shape index (κ1) is 22.2. The van der Waals surface area contributed by atoms with Crippen LogP contribution in [0.3, 0.4) is 0 Å². The van der Waals surface area contributed by atoms with Crippen molar-refractivity contribution in [3.05, 3.63) is 102 Å². The molecule has 3 aromatic carbocycles. The lowest BCUT2D eigenvalue weighted by molar-refractivity contribution is -0.146. The second-order valence-electron chi connectivity index (χ2n) is 7.92. The maximum atomic E-state index is 12.7. The molecule has 33 heavy (non-hydrogen) atoms. The molecule has 1 aliphatic heterocycles. The van der Waals surface area contributed by atoms with Crippen molar-refractivity contribution < 1.29 is 14.4 Å². The van der Waals surface area contributed by atoms with Crippen molar-refractivity contribution in [2.75, 3.05) is 31.9 Å². The minimum Gasteiger partial charge on any atom is -0.398 e. The molecule has 0 bridgehead atoms. The van der Waals surface area contributed by atoms with Crippen molar-refractivity contribution in [2.45, 2.75) is 6.04 Å². The first-order valence-electron chi connectivity index (χ1n) is 10.9. The van der Waals surface area contributed by atoms with Crippen molar-refractivity contribution in [3.63, 3.8) is 0 Å². The predicted octanol–water partition coefficient (Wildman–Crippen LogP) is 2.46. The van der Waals surface area contributed by atoms with Gasteiger partial charge in [-0.1, -0.05) is 72.8 Å². The molecule has 7 heteroatoms. The van der Waals surface area contributed by atoms with Gasteiger partial charge in [-0.2, -0.15) is 0 Å². The van der Waals surface area contributed by atoms with Gasteiger partial charge in [-0.05, 0) is 23.3 Å². The summed E-state index contributed by atoms with van der Waals surface area (Å²) in [5, 5.41) is 2.16. The second kappa shape index (κ2) is 10.1. The smallest absolute Gasteiger partial charge is 0.316 e. The van der Waals surface area contributed by atoms with E-state index in [-0.39, 0.29) is 17.3 Å². The zero-order valence-electron chi connectivity index (χ0n) is 18.2. The van der Waals surface area contributed by atoms with Gasteiger partial charge in [-0.25, -0.2) is 0 Å². The molecule has 7 nitrogen and oxygen atoms in total. The number of benzene rings is 3. The van der Waals surface area contributed by atoms with E-state index in [0.717, 1.165) is 0 Å². The third-order valence-corrected chi connectivity index (χ3v) is 5.82. The van der Waals surface area contributed by atoms with Crippen molar-refractivity contribution in [2.24, 2.45) is 0 Å². The van der Waals surface area contributed by atoms with Crippen LogP contribution in [0.5, 0.6) is 0 Å². The zero-order chi connectivity index (χ0) is 23.2. The molecule has 0 unspecified atom stereocenters. The van der Waals surface area contributed by atoms with Gasteiger partial charge in [0, 0.05) is 31.9 Å². The van der Waals surface area contributed by atoms with Crippen molar-refractivity contribution >= 4 is 23.4 Å². The van der Waals surface area contributed by atoms with Gasteiger partial charge >= 0.3 is 11.8 Å². The molecule has 1 aliphatic rings. The monoisotopic (exact) mass is 442 g/mol. The number of nitrogens with zero attached hydrogens (tertiary/aromatic N) is 2. The number of para-hydroxylation sites is 1. The van der Waals surface area contributed by atoms with Crippen LogP contribution in [0.4, 0.5) is 5.69 Å². The number of imide groups is 1. The quantitative estimate of drug-likeness (QED) is 0.478. The molecule has 3 N–H and O–H groups in total. The van der Waals surface area contributed by atoms with Gasteiger partial charge in [0.2, 0.25) is 0 Å². The molecule has 4 rings (SSSR count). The lowest BCUT2D eigenvalue weighted by Gasteiger charge is -2.39. The van der Waals surface area contributed by atoms with Crippen LogP contribution in [0.1, 0.15) is 27.5 Å². The van der Waals surface area contributed by atoms with Gasteiger partial charge in [0.25, 0.3) is 5.91 Å². The second-order valence-corrected chi connectivity index (χ2v) is 7.92. The fourth-order valence-corrected chi connectivity index (χ4v) is 4.14. The van der Waals surface area contributed by atoms with Gasteiger partial charge in [0.15, 0.2) is 0 Å². The highest BCUT2D eigenvalue weighted by Gasteiger charge is 2.31. The Labute approximate surface area is 192 Å². The highest BCUT2D eigenvalue weighted by atomic mass is 16.2. The number of carbonyl (C=O) groups is 3. The number of carbonyl (C=O) groups excluding carboxylic acids is 3. The summed E-state index contributed by atoms with van der Waals surface area (Å²) < 4.78 is 0. The maximum absolute atomic E-state index is 12.7. The number of hydrogen-bond acceptors (Lipinski definition) is 5. The Kier molecular flexibility index (Phi) is 6.80. The molecule has 168 valence electrons. The van der Waals surface area contributed by atoms with Gasteiger partial charge < -0.3 is 10.6 Å². The molecule has 0 spiro atoms. The summed E-state index contributed by atoms with van der Waals surface area (Å²) in [5.41, 5.74) is 8.54. The topological polar surface area (TPSA) is 95.7 Å². The van der Waals surface area contributed by atoms with E-state index < -0.39 is 17.7 Å². The Morgan fingerprint density at radius 3 is 1.79 bits per heavy atom. The summed E-state index contributed by atoms with van der Waals surface area (Å²) in [6.07, 6.45) is 0. The molecule has 1 heterocycles.